The molecule has 0 aromatic carbocycles. The summed E-state index contributed by atoms with van der Waals surface area (Å²) in [5.41, 5.74) is 1.37. The van der Waals surface area contributed by atoms with Crippen molar-refractivity contribution in [1.82, 2.24) is 0 Å². The molecule has 1 aliphatic carbocycles. The Morgan fingerprint density at radius 1 is 1.46 bits per heavy atom. The smallest absolute Gasteiger partial charge is 0.0642 e. The normalized spacial score (nSPS) is 32.0. The quantitative estimate of drug-likeness (QED) is 0.665. The molecule has 1 rings (SSSR count). The third-order valence-electron chi connectivity index (χ3n) is 3.94. The van der Waals surface area contributed by atoms with Crippen molar-refractivity contribution in [1.29, 1.82) is 0 Å². The summed E-state index contributed by atoms with van der Waals surface area (Å²) in [4.78, 5) is 0. The minimum Gasteiger partial charge on any atom is -0.392 e. The second-order valence-corrected chi connectivity index (χ2v) is 4.87. The van der Waals surface area contributed by atoms with Crippen LogP contribution in [0.3, 0.4) is 0 Å². The molecule has 0 heterocycles. The number of aliphatic hydroxyl groups is 1. The van der Waals surface area contributed by atoms with Crippen LogP contribution >= 0.6 is 0 Å². The van der Waals surface area contributed by atoms with Crippen LogP contribution in [0.15, 0.2) is 12.2 Å². The Hall–Kier alpha value is -0.300. The van der Waals surface area contributed by atoms with Gasteiger partial charge in [-0.25, -0.2) is 0 Å². The number of aliphatic hydroxyl groups excluding tert-OH is 1. The van der Waals surface area contributed by atoms with Crippen LogP contribution in [-0.4, -0.2) is 11.7 Å². The van der Waals surface area contributed by atoms with Gasteiger partial charge in [0.1, 0.15) is 0 Å². The van der Waals surface area contributed by atoms with Gasteiger partial charge in [-0.3, -0.25) is 0 Å². The molecule has 0 radical (unpaired) electrons. The monoisotopic (exact) mass is 182 g/mol. The molecular weight excluding hydrogens is 160 g/mol. The molecule has 13 heavy (non-hydrogen) atoms. The fourth-order valence-electron chi connectivity index (χ4n) is 2.97. The Kier molecular flexibility index (Phi) is 3.18. The van der Waals surface area contributed by atoms with E-state index in [-0.39, 0.29) is 6.61 Å². The SMILES string of the molecule is C=C(CO)C1CCC(CC)C1(C)C. The van der Waals surface area contributed by atoms with E-state index in [0.717, 1.165) is 11.5 Å². The lowest BCUT2D eigenvalue weighted by molar-refractivity contribution is 0.188. The van der Waals surface area contributed by atoms with Crippen molar-refractivity contribution in [3.8, 4) is 0 Å². The third kappa shape index (κ3) is 1.80. The Morgan fingerprint density at radius 3 is 2.46 bits per heavy atom. The molecule has 0 aromatic heterocycles. The van der Waals surface area contributed by atoms with E-state index >= 15 is 0 Å². The van der Waals surface area contributed by atoms with Gasteiger partial charge in [0, 0.05) is 0 Å². The summed E-state index contributed by atoms with van der Waals surface area (Å²) in [6.45, 7) is 11.0. The van der Waals surface area contributed by atoms with Crippen LogP contribution in [0.4, 0.5) is 0 Å². The molecule has 0 saturated heterocycles. The van der Waals surface area contributed by atoms with Crippen LogP contribution in [0.25, 0.3) is 0 Å². The number of hydrogen-bond acceptors (Lipinski definition) is 1. The van der Waals surface area contributed by atoms with Gasteiger partial charge in [-0.15, -0.1) is 0 Å². The Morgan fingerprint density at radius 2 is 2.08 bits per heavy atom. The standard InChI is InChI=1S/C12H22O/c1-5-10-6-7-11(9(2)8-13)12(10,3)4/h10-11,13H,2,5-8H2,1,3-4H3. The van der Waals surface area contributed by atoms with Gasteiger partial charge in [0.2, 0.25) is 0 Å². The van der Waals surface area contributed by atoms with E-state index in [1.807, 2.05) is 0 Å². The van der Waals surface area contributed by atoms with Crippen LogP contribution in [0.1, 0.15) is 40.0 Å². The zero-order valence-corrected chi connectivity index (χ0v) is 9.14. The van der Waals surface area contributed by atoms with Gasteiger partial charge < -0.3 is 5.11 Å². The first-order chi connectivity index (χ1) is 6.04. The topological polar surface area (TPSA) is 20.2 Å². The second-order valence-electron chi connectivity index (χ2n) is 4.87. The molecule has 1 nitrogen and oxygen atoms in total. The van der Waals surface area contributed by atoms with Crippen LogP contribution < -0.4 is 0 Å². The summed E-state index contributed by atoms with van der Waals surface area (Å²) in [7, 11) is 0. The van der Waals surface area contributed by atoms with Crippen LogP contribution in [-0.2, 0) is 0 Å². The minimum atomic E-state index is 0.157. The van der Waals surface area contributed by atoms with E-state index in [2.05, 4.69) is 27.4 Å². The Bertz CT molecular complexity index is 193. The average molecular weight is 182 g/mol. The zero-order chi connectivity index (χ0) is 10.1. The molecule has 1 aliphatic rings. The predicted octanol–water partition coefficient (Wildman–Crippen LogP) is 3.00. The first-order valence-corrected chi connectivity index (χ1v) is 5.32. The highest BCUT2D eigenvalue weighted by Gasteiger charge is 2.42. The Balaban J connectivity index is 2.75. The van der Waals surface area contributed by atoms with Crippen molar-refractivity contribution in [2.75, 3.05) is 6.61 Å². The Labute approximate surface area is 81.9 Å². The van der Waals surface area contributed by atoms with E-state index in [0.29, 0.717) is 11.3 Å². The van der Waals surface area contributed by atoms with E-state index in [1.165, 1.54) is 19.3 Å². The van der Waals surface area contributed by atoms with Crippen molar-refractivity contribution in [3.05, 3.63) is 12.2 Å². The van der Waals surface area contributed by atoms with Gasteiger partial charge >= 0.3 is 0 Å². The molecule has 1 fully saturated rings. The maximum absolute atomic E-state index is 9.09. The van der Waals surface area contributed by atoms with Gasteiger partial charge in [0.15, 0.2) is 0 Å². The lowest BCUT2D eigenvalue weighted by Crippen LogP contribution is -2.26. The maximum Gasteiger partial charge on any atom is 0.0642 e. The summed E-state index contributed by atoms with van der Waals surface area (Å²) in [6, 6.07) is 0. The van der Waals surface area contributed by atoms with Crippen molar-refractivity contribution < 1.29 is 5.11 Å². The minimum absolute atomic E-state index is 0.157. The average Bonchev–Trinajstić information content (AvgIpc) is 2.39. The predicted molar refractivity (Wildman–Crippen MR) is 56.5 cm³/mol. The fourth-order valence-corrected chi connectivity index (χ4v) is 2.97. The first-order valence-electron chi connectivity index (χ1n) is 5.32. The van der Waals surface area contributed by atoms with E-state index in [4.69, 9.17) is 5.11 Å². The van der Waals surface area contributed by atoms with Gasteiger partial charge in [-0.1, -0.05) is 33.8 Å². The van der Waals surface area contributed by atoms with Crippen LogP contribution in [0.5, 0.6) is 0 Å². The molecule has 0 aromatic rings. The number of hydrogen-bond donors (Lipinski definition) is 1. The summed E-state index contributed by atoms with van der Waals surface area (Å²) >= 11 is 0. The van der Waals surface area contributed by atoms with Gasteiger partial charge in [-0.2, -0.15) is 0 Å². The largest absolute Gasteiger partial charge is 0.392 e. The van der Waals surface area contributed by atoms with Crippen molar-refractivity contribution in [3.63, 3.8) is 0 Å². The molecule has 1 N–H and O–H groups in total. The highest BCUT2D eigenvalue weighted by Crippen LogP contribution is 2.51. The lowest BCUT2D eigenvalue weighted by atomic mass is 9.72. The molecule has 1 heteroatoms. The van der Waals surface area contributed by atoms with E-state index in [1.54, 1.807) is 0 Å². The van der Waals surface area contributed by atoms with Gasteiger partial charge in [0.05, 0.1) is 6.61 Å². The number of rotatable bonds is 3. The molecule has 76 valence electrons. The molecular formula is C12H22O. The molecule has 1 saturated carbocycles. The molecule has 0 aliphatic heterocycles. The molecule has 2 atom stereocenters. The third-order valence-corrected chi connectivity index (χ3v) is 3.94. The highest BCUT2D eigenvalue weighted by atomic mass is 16.3. The summed E-state index contributed by atoms with van der Waals surface area (Å²) in [5.74, 6) is 1.34. The van der Waals surface area contributed by atoms with Gasteiger partial charge in [0.25, 0.3) is 0 Å². The fraction of sp³-hybridized carbons (Fsp3) is 0.833. The molecule has 0 spiro atoms. The van der Waals surface area contributed by atoms with E-state index in [9.17, 15) is 0 Å². The first kappa shape index (κ1) is 10.8. The second kappa shape index (κ2) is 3.83. The summed E-state index contributed by atoms with van der Waals surface area (Å²) in [6.07, 6.45) is 3.76. The maximum atomic E-state index is 9.09. The van der Waals surface area contributed by atoms with Gasteiger partial charge in [-0.05, 0) is 35.7 Å². The van der Waals surface area contributed by atoms with Crippen molar-refractivity contribution in [2.24, 2.45) is 17.3 Å². The van der Waals surface area contributed by atoms with Crippen molar-refractivity contribution >= 4 is 0 Å². The molecule has 2 unspecified atom stereocenters. The van der Waals surface area contributed by atoms with Crippen molar-refractivity contribution in [2.45, 2.75) is 40.0 Å². The highest BCUT2D eigenvalue weighted by molar-refractivity contribution is 5.10. The van der Waals surface area contributed by atoms with Crippen LogP contribution in [0, 0.1) is 17.3 Å². The molecule has 0 amide bonds. The van der Waals surface area contributed by atoms with Crippen LogP contribution in [0.2, 0.25) is 0 Å². The summed E-state index contributed by atoms with van der Waals surface area (Å²) < 4.78 is 0. The van der Waals surface area contributed by atoms with E-state index < -0.39 is 0 Å². The summed E-state index contributed by atoms with van der Waals surface area (Å²) in [5, 5.41) is 9.09. The lowest BCUT2D eigenvalue weighted by Gasteiger charge is -2.33. The zero-order valence-electron chi connectivity index (χ0n) is 9.14. The molecule has 0 bridgehead atoms.